The molecule has 1 heterocycles. The molecule has 0 atom stereocenters. The summed E-state index contributed by atoms with van der Waals surface area (Å²) >= 11 is 0. The van der Waals surface area contributed by atoms with Crippen LogP contribution in [0.1, 0.15) is 30.1 Å². The van der Waals surface area contributed by atoms with Gasteiger partial charge in [-0.1, -0.05) is 6.07 Å². The van der Waals surface area contributed by atoms with Crippen LogP contribution in [0, 0.1) is 5.41 Å². The fraction of sp³-hybridized carbons (Fsp3) is 0.333. The van der Waals surface area contributed by atoms with Crippen molar-refractivity contribution in [2.75, 3.05) is 0 Å². The maximum atomic E-state index is 7.28. The van der Waals surface area contributed by atoms with Crippen molar-refractivity contribution in [3.8, 4) is 0 Å². The Morgan fingerprint density at radius 1 is 1.50 bits per heavy atom. The van der Waals surface area contributed by atoms with Crippen molar-refractivity contribution in [3.63, 3.8) is 0 Å². The van der Waals surface area contributed by atoms with Crippen LogP contribution in [0.15, 0.2) is 18.2 Å². The smallest absolute Gasteiger partial charge is 0.110 e. The second-order valence-corrected chi connectivity index (χ2v) is 4.45. The maximum Gasteiger partial charge on any atom is 0.110 e. The van der Waals surface area contributed by atoms with Crippen molar-refractivity contribution in [1.29, 1.82) is 5.41 Å². The SMILES string of the molecule is N=C(N)Cc1ccc2nc(C3CC3)[nH]c2c1. The monoisotopic (exact) mass is 214 g/mol. The first-order chi connectivity index (χ1) is 7.72. The van der Waals surface area contributed by atoms with E-state index in [9.17, 15) is 0 Å². The highest BCUT2D eigenvalue weighted by Crippen LogP contribution is 2.39. The van der Waals surface area contributed by atoms with E-state index in [-0.39, 0.29) is 5.84 Å². The second-order valence-electron chi connectivity index (χ2n) is 4.45. The number of fused-ring (bicyclic) bond motifs is 1. The predicted molar refractivity (Wildman–Crippen MR) is 63.7 cm³/mol. The zero-order chi connectivity index (χ0) is 11.1. The molecule has 82 valence electrons. The van der Waals surface area contributed by atoms with Gasteiger partial charge in [0, 0.05) is 12.3 Å². The van der Waals surface area contributed by atoms with E-state index in [1.54, 1.807) is 0 Å². The molecule has 1 aliphatic carbocycles. The summed E-state index contributed by atoms with van der Waals surface area (Å²) in [4.78, 5) is 7.90. The lowest BCUT2D eigenvalue weighted by Gasteiger charge is -1.98. The lowest BCUT2D eigenvalue weighted by Crippen LogP contribution is -2.12. The van der Waals surface area contributed by atoms with E-state index >= 15 is 0 Å². The van der Waals surface area contributed by atoms with Gasteiger partial charge in [-0.15, -0.1) is 0 Å². The largest absolute Gasteiger partial charge is 0.387 e. The number of imidazole rings is 1. The molecule has 0 amide bonds. The summed E-state index contributed by atoms with van der Waals surface area (Å²) in [7, 11) is 0. The van der Waals surface area contributed by atoms with Gasteiger partial charge in [-0.3, -0.25) is 5.41 Å². The van der Waals surface area contributed by atoms with E-state index in [4.69, 9.17) is 11.1 Å². The van der Waals surface area contributed by atoms with Crippen molar-refractivity contribution in [2.45, 2.75) is 25.2 Å². The predicted octanol–water partition coefficient (Wildman–Crippen LogP) is 1.92. The number of benzene rings is 1. The summed E-state index contributed by atoms with van der Waals surface area (Å²) in [5.74, 6) is 1.94. The molecule has 1 saturated carbocycles. The number of aromatic amines is 1. The first-order valence-corrected chi connectivity index (χ1v) is 5.54. The van der Waals surface area contributed by atoms with E-state index < -0.39 is 0 Å². The van der Waals surface area contributed by atoms with Crippen molar-refractivity contribution in [1.82, 2.24) is 9.97 Å². The van der Waals surface area contributed by atoms with Gasteiger partial charge >= 0.3 is 0 Å². The third-order valence-electron chi connectivity index (χ3n) is 2.92. The number of amidine groups is 1. The quantitative estimate of drug-likeness (QED) is 0.539. The molecule has 2 aromatic rings. The van der Waals surface area contributed by atoms with Gasteiger partial charge in [0.2, 0.25) is 0 Å². The molecule has 0 aliphatic heterocycles. The van der Waals surface area contributed by atoms with E-state index in [0.717, 1.165) is 22.4 Å². The molecule has 3 rings (SSSR count). The van der Waals surface area contributed by atoms with Crippen LogP contribution in [-0.4, -0.2) is 15.8 Å². The molecule has 0 saturated heterocycles. The molecular formula is C12H14N4. The fourth-order valence-electron chi connectivity index (χ4n) is 1.96. The third kappa shape index (κ3) is 1.66. The molecule has 4 heteroatoms. The number of nitrogens with one attached hydrogen (secondary N) is 2. The van der Waals surface area contributed by atoms with E-state index in [1.807, 2.05) is 18.2 Å². The summed E-state index contributed by atoms with van der Waals surface area (Å²) in [6.07, 6.45) is 3.01. The van der Waals surface area contributed by atoms with Gasteiger partial charge < -0.3 is 10.7 Å². The third-order valence-corrected chi connectivity index (χ3v) is 2.92. The molecule has 16 heavy (non-hydrogen) atoms. The molecule has 1 aromatic carbocycles. The molecule has 1 aromatic heterocycles. The van der Waals surface area contributed by atoms with Crippen LogP contribution < -0.4 is 5.73 Å². The summed E-state index contributed by atoms with van der Waals surface area (Å²) in [6.45, 7) is 0. The lowest BCUT2D eigenvalue weighted by atomic mass is 10.1. The number of hydrogen-bond acceptors (Lipinski definition) is 2. The molecule has 1 aliphatic rings. The van der Waals surface area contributed by atoms with Gasteiger partial charge in [-0.2, -0.15) is 0 Å². The van der Waals surface area contributed by atoms with Gasteiger partial charge in [-0.05, 0) is 30.5 Å². The average molecular weight is 214 g/mol. The van der Waals surface area contributed by atoms with E-state index in [1.165, 1.54) is 12.8 Å². The minimum atomic E-state index is 0.196. The number of nitrogens with zero attached hydrogens (tertiary/aromatic N) is 1. The van der Waals surface area contributed by atoms with E-state index in [2.05, 4.69) is 9.97 Å². The van der Waals surface area contributed by atoms with Crippen molar-refractivity contribution in [2.24, 2.45) is 5.73 Å². The zero-order valence-electron chi connectivity index (χ0n) is 8.96. The van der Waals surface area contributed by atoms with Gasteiger partial charge in [0.1, 0.15) is 5.82 Å². The topological polar surface area (TPSA) is 78.6 Å². The Balaban J connectivity index is 1.99. The van der Waals surface area contributed by atoms with Crippen LogP contribution in [0.5, 0.6) is 0 Å². The van der Waals surface area contributed by atoms with Gasteiger partial charge in [0.15, 0.2) is 0 Å². The van der Waals surface area contributed by atoms with Gasteiger partial charge in [-0.25, -0.2) is 4.98 Å². The molecule has 0 spiro atoms. The Bertz CT molecular complexity index is 551. The minimum Gasteiger partial charge on any atom is -0.387 e. The maximum absolute atomic E-state index is 7.28. The summed E-state index contributed by atoms with van der Waals surface area (Å²) in [5.41, 5.74) is 8.52. The highest BCUT2D eigenvalue weighted by atomic mass is 14.9. The molecule has 4 nitrogen and oxygen atoms in total. The van der Waals surface area contributed by atoms with Crippen molar-refractivity contribution in [3.05, 3.63) is 29.6 Å². The van der Waals surface area contributed by atoms with Crippen LogP contribution in [0.3, 0.4) is 0 Å². The first-order valence-electron chi connectivity index (χ1n) is 5.54. The fourth-order valence-corrected chi connectivity index (χ4v) is 1.96. The van der Waals surface area contributed by atoms with Crippen LogP contribution >= 0.6 is 0 Å². The molecule has 0 unspecified atom stereocenters. The van der Waals surface area contributed by atoms with Crippen molar-refractivity contribution >= 4 is 16.9 Å². The number of H-pyrrole nitrogens is 1. The highest BCUT2D eigenvalue weighted by molar-refractivity contribution is 5.82. The Kier molecular flexibility index (Phi) is 1.96. The van der Waals surface area contributed by atoms with Gasteiger partial charge in [0.25, 0.3) is 0 Å². The minimum absolute atomic E-state index is 0.196. The number of hydrogen-bond donors (Lipinski definition) is 3. The van der Waals surface area contributed by atoms with Crippen LogP contribution in [0.4, 0.5) is 0 Å². The summed E-state index contributed by atoms with van der Waals surface area (Å²) < 4.78 is 0. The Morgan fingerprint density at radius 2 is 2.31 bits per heavy atom. The Labute approximate surface area is 93.4 Å². The van der Waals surface area contributed by atoms with Crippen LogP contribution in [-0.2, 0) is 6.42 Å². The first kappa shape index (κ1) is 9.39. The zero-order valence-corrected chi connectivity index (χ0v) is 8.96. The summed E-state index contributed by atoms with van der Waals surface area (Å²) in [6, 6.07) is 6.02. The van der Waals surface area contributed by atoms with E-state index in [0.29, 0.717) is 12.3 Å². The summed E-state index contributed by atoms with van der Waals surface area (Å²) in [5, 5.41) is 7.28. The standard InChI is InChI=1S/C12H14N4/c13-11(14)6-7-1-4-9-10(5-7)16-12(15-9)8-2-3-8/h1,4-5,8H,2-3,6H2,(H3,13,14)(H,15,16). The number of nitrogens with two attached hydrogens (primary N) is 1. The number of rotatable bonds is 3. The molecule has 0 bridgehead atoms. The normalized spacial score (nSPS) is 15.5. The van der Waals surface area contributed by atoms with Gasteiger partial charge in [0.05, 0.1) is 16.9 Å². The molecule has 1 fully saturated rings. The molecule has 4 N–H and O–H groups in total. The molecule has 0 radical (unpaired) electrons. The molecular weight excluding hydrogens is 200 g/mol. The Morgan fingerprint density at radius 3 is 3.00 bits per heavy atom. The average Bonchev–Trinajstić information content (AvgIpc) is 2.98. The van der Waals surface area contributed by atoms with Crippen LogP contribution in [0.25, 0.3) is 11.0 Å². The van der Waals surface area contributed by atoms with Crippen molar-refractivity contribution < 1.29 is 0 Å². The Hall–Kier alpha value is -1.84. The van der Waals surface area contributed by atoms with Crippen LogP contribution in [0.2, 0.25) is 0 Å². The second kappa shape index (κ2) is 3.33. The number of aromatic nitrogens is 2. The lowest BCUT2D eigenvalue weighted by molar-refractivity contribution is 0.986. The highest BCUT2D eigenvalue weighted by Gasteiger charge is 2.26.